The van der Waals surface area contributed by atoms with Gasteiger partial charge in [-0.15, -0.1) is 0 Å². The Morgan fingerprint density at radius 2 is 2.05 bits per heavy atom. The zero-order chi connectivity index (χ0) is 15.8. The van der Waals surface area contributed by atoms with Crippen molar-refractivity contribution in [2.45, 2.75) is 33.6 Å². The van der Waals surface area contributed by atoms with Crippen molar-refractivity contribution < 1.29 is 19.4 Å². The largest absolute Gasteiger partial charge is 0.493 e. The van der Waals surface area contributed by atoms with Gasteiger partial charge in [-0.25, -0.2) is 0 Å². The quantitative estimate of drug-likeness (QED) is 0.771. The Labute approximate surface area is 125 Å². The van der Waals surface area contributed by atoms with Gasteiger partial charge < -0.3 is 15.2 Å². The molecular weight excluding hydrogens is 270 g/mol. The molecule has 0 spiro atoms. The second-order valence-electron chi connectivity index (χ2n) is 5.25. The molecule has 1 amide bonds. The van der Waals surface area contributed by atoms with Crippen LogP contribution < -0.4 is 10.1 Å². The fourth-order valence-corrected chi connectivity index (χ4v) is 1.85. The van der Waals surface area contributed by atoms with E-state index in [4.69, 9.17) is 9.84 Å². The van der Waals surface area contributed by atoms with Crippen LogP contribution in [0.3, 0.4) is 0 Å². The molecule has 0 bridgehead atoms. The highest BCUT2D eigenvalue weighted by Gasteiger charge is 2.11. The molecule has 5 nitrogen and oxygen atoms in total. The van der Waals surface area contributed by atoms with Crippen LogP contribution in [0.25, 0.3) is 0 Å². The fraction of sp³-hybridized carbons (Fsp3) is 0.500. The Morgan fingerprint density at radius 1 is 1.33 bits per heavy atom. The van der Waals surface area contributed by atoms with E-state index in [-0.39, 0.29) is 12.3 Å². The highest BCUT2D eigenvalue weighted by molar-refractivity contribution is 5.76. The molecule has 0 aliphatic heterocycles. The molecule has 0 aliphatic rings. The minimum absolute atomic E-state index is 0.127. The number of benzene rings is 1. The number of hydrogen-bond acceptors (Lipinski definition) is 3. The van der Waals surface area contributed by atoms with E-state index in [1.807, 2.05) is 32.0 Å². The second kappa shape index (κ2) is 8.29. The van der Waals surface area contributed by atoms with Crippen molar-refractivity contribution in [1.29, 1.82) is 0 Å². The number of nitrogens with one attached hydrogen (secondary N) is 1. The number of carbonyl (C=O) groups excluding carboxylic acids is 1. The zero-order valence-electron chi connectivity index (χ0n) is 12.8. The predicted octanol–water partition coefficient (Wildman–Crippen LogP) is 2.30. The number of amides is 1. The molecule has 2 N–H and O–H groups in total. The molecule has 0 fully saturated rings. The number of aliphatic carboxylic acids is 1. The molecule has 1 atom stereocenters. The Kier molecular flexibility index (Phi) is 6.72. The third-order valence-electron chi connectivity index (χ3n) is 3.24. The number of rotatable bonds is 8. The smallest absolute Gasteiger partial charge is 0.306 e. The maximum absolute atomic E-state index is 11.6. The van der Waals surface area contributed by atoms with E-state index in [2.05, 4.69) is 5.32 Å². The van der Waals surface area contributed by atoms with Crippen LogP contribution in [0.2, 0.25) is 0 Å². The normalized spacial score (nSPS) is 11.8. The van der Waals surface area contributed by atoms with E-state index in [0.717, 1.165) is 11.3 Å². The average molecular weight is 293 g/mol. The van der Waals surface area contributed by atoms with Crippen LogP contribution in [0.5, 0.6) is 5.75 Å². The van der Waals surface area contributed by atoms with E-state index in [1.165, 1.54) is 5.56 Å². The number of ether oxygens (including phenoxy) is 1. The first-order valence-corrected chi connectivity index (χ1v) is 7.09. The number of carboxylic acids is 1. The van der Waals surface area contributed by atoms with Gasteiger partial charge in [-0.05, 0) is 31.9 Å². The van der Waals surface area contributed by atoms with Crippen LogP contribution in [0.4, 0.5) is 0 Å². The molecule has 1 aromatic rings. The number of hydrogen-bond donors (Lipinski definition) is 2. The molecule has 5 heteroatoms. The minimum atomic E-state index is -0.845. The number of carbonyl (C=O) groups is 2. The maximum atomic E-state index is 11.6. The fourth-order valence-electron chi connectivity index (χ4n) is 1.85. The van der Waals surface area contributed by atoms with Crippen molar-refractivity contribution in [3.8, 4) is 5.75 Å². The van der Waals surface area contributed by atoms with E-state index in [9.17, 15) is 9.59 Å². The van der Waals surface area contributed by atoms with Gasteiger partial charge in [0.2, 0.25) is 5.91 Å². The van der Waals surface area contributed by atoms with Gasteiger partial charge in [-0.1, -0.05) is 24.6 Å². The van der Waals surface area contributed by atoms with Crippen molar-refractivity contribution in [3.05, 3.63) is 29.3 Å². The molecule has 21 heavy (non-hydrogen) atoms. The second-order valence-corrected chi connectivity index (χ2v) is 5.25. The SMILES string of the molecule is Cc1ccc(OCCC(=O)NCCC(C)C(=O)O)c(C)c1. The Morgan fingerprint density at radius 3 is 2.67 bits per heavy atom. The first kappa shape index (κ1) is 17.0. The van der Waals surface area contributed by atoms with Crippen molar-refractivity contribution >= 4 is 11.9 Å². The van der Waals surface area contributed by atoms with Gasteiger partial charge in [-0.2, -0.15) is 0 Å². The summed E-state index contributed by atoms with van der Waals surface area (Å²) >= 11 is 0. The summed E-state index contributed by atoms with van der Waals surface area (Å²) in [7, 11) is 0. The molecule has 0 saturated heterocycles. The third-order valence-corrected chi connectivity index (χ3v) is 3.24. The molecule has 0 aliphatic carbocycles. The Bertz CT molecular complexity index is 499. The van der Waals surface area contributed by atoms with Crippen molar-refractivity contribution in [1.82, 2.24) is 5.32 Å². The summed E-state index contributed by atoms with van der Waals surface area (Å²) in [6.45, 7) is 6.29. The first-order chi connectivity index (χ1) is 9.90. The van der Waals surface area contributed by atoms with Crippen molar-refractivity contribution in [2.24, 2.45) is 5.92 Å². The standard InChI is InChI=1S/C16H23NO4/c1-11-4-5-14(13(3)10-11)21-9-7-15(18)17-8-6-12(2)16(19)20/h4-5,10,12H,6-9H2,1-3H3,(H,17,18)(H,19,20). The van der Waals surface area contributed by atoms with Crippen LogP contribution in [0.1, 0.15) is 30.9 Å². The summed E-state index contributed by atoms with van der Waals surface area (Å²) in [5, 5.41) is 11.4. The highest BCUT2D eigenvalue weighted by atomic mass is 16.5. The molecule has 1 rings (SSSR count). The van der Waals surface area contributed by atoms with E-state index >= 15 is 0 Å². The third kappa shape index (κ3) is 6.29. The summed E-state index contributed by atoms with van der Waals surface area (Å²) in [5.74, 6) is -0.635. The molecular formula is C16H23NO4. The van der Waals surface area contributed by atoms with Gasteiger partial charge in [0.25, 0.3) is 0 Å². The lowest BCUT2D eigenvalue weighted by Gasteiger charge is -2.10. The van der Waals surface area contributed by atoms with Crippen LogP contribution in [0.15, 0.2) is 18.2 Å². The van der Waals surface area contributed by atoms with Crippen LogP contribution in [-0.4, -0.2) is 30.1 Å². The van der Waals surface area contributed by atoms with Gasteiger partial charge in [0.1, 0.15) is 5.75 Å². The average Bonchev–Trinajstić information content (AvgIpc) is 2.41. The molecule has 1 aromatic carbocycles. The molecule has 0 aromatic heterocycles. The highest BCUT2D eigenvalue weighted by Crippen LogP contribution is 2.18. The lowest BCUT2D eigenvalue weighted by atomic mass is 10.1. The zero-order valence-corrected chi connectivity index (χ0v) is 12.8. The topological polar surface area (TPSA) is 75.6 Å². The van der Waals surface area contributed by atoms with E-state index in [0.29, 0.717) is 19.6 Å². The van der Waals surface area contributed by atoms with Crippen molar-refractivity contribution in [3.63, 3.8) is 0 Å². The van der Waals surface area contributed by atoms with Crippen LogP contribution >= 0.6 is 0 Å². The maximum Gasteiger partial charge on any atom is 0.306 e. The van der Waals surface area contributed by atoms with Gasteiger partial charge in [0.05, 0.1) is 18.9 Å². The summed E-state index contributed by atoms with van der Waals surface area (Å²) in [6.07, 6.45) is 0.688. The predicted molar refractivity (Wildman–Crippen MR) is 80.5 cm³/mol. The number of aryl methyl sites for hydroxylation is 2. The first-order valence-electron chi connectivity index (χ1n) is 7.09. The molecule has 0 heterocycles. The molecule has 1 unspecified atom stereocenters. The summed E-state index contributed by atoms with van der Waals surface area (Å²) in [5.41, 5.74) is 2.22. The minimum Gasteiger partial charge on any atom is -0.493 e. The monoisotopic (exact) mass is 293 g/mol. The van der Waals surface area contributed by atoms with Gasteiger partial charge in [0.15, 0.2) is 0 Å². The van der Waals surface area contributed by atoms with E-state index < -0.39 is 11.9 Å². The van der Waals surface area contributed by atoms with Gasteiger partial charge in [-0.3, -0.25) is 9.59 Å². The Hall–Kier alpha value is -2.04. The summed E-state index contributed by atoms with van der Waals surface area (Å²) in [6, 6.07) is 5.90. The molecule has 116 valence electrons. The summed E-state index contributed by atoms with van der Waals surface area (Å²) < 4.78 is 5.57. The van der Waals surface area contributed by atoms with Crippen molar-refractivity contribution in [2.75, 3.05) is 13.2 Å². The van der Waals surface area contributed by atoms with Gasteiger partial charge >= 0.3 is 5.97 Å². The van der Waals surface area contributed by atoms with Crippen LogP contribution in [0, 0.1) is 19.8 Å². The van der Waals surface area contributed by atoms with E-state index in [1.54, 1.807) is 6.92 Å². The Balaban J connectivity index is 2.23. The van der Waals surface area contributed by atoms with Gasteiger partial charge in [0, 0.05) is 6.54 Å². The summed E-state index contributed by atoms with van der Waals surface area (Å²) in [4.78, 5) is 22.2. The number of carboxylic acid groups (broad SMARTS) is 1. The molecule has 0 saturated carbocycles. The molecule has 0 radical (unpaired) electrons. The lowest BCUT2D eigenvalue weighted by Crippen LogP contribution is -2.28. The van der Waals surface area contributed by atoms with Crippen LogP contribution in [-0.2, 0) is 9.59 Å². The lowest BCUT2D eigenvalue weighted by molar-refractivity contribution is -0.141.